The maximum Gasteiger partial charge on any atom is 0.514 e. The third-order valence-corrected chi connectivity index (χ3v) is 3.54. The van der Waals surface area contributed by atoms with Gasteiger partial charge in [-0.1, -0.05) is 0 Å². The Labute approximate surface area is 128 Å². The van der Waals surface area contributed by atoms with Crippen molar-refractivity contribution in [2.45, 2.75) is 18.3 Å². The molecule has 124 valence electrons. The van der Waals surface area contributed by atoms with Crippen LogP contribution in [0, 0.1) is 16.0 Å². The van der Waals surface area contributed by atoms with Crippen molar-refractivity contribution in [3.8, 4) is 5.75 Å². The predicted molar refractivity (Wildman–Crippen MR) is 68.1 cm³/mol. The van der Waals surface area contributed by atoms with Gasteiger partial charge in [0.1, 0.15) is 24.4 Å². The van der Waals surface area contributed by atoms with Gasteiger partial charge in [-0.25, -0.2) is 13.6 Å². The molecule has 3 rings (SSSR count). The minimum absolute atomic E-state index is 0.00880. The molecule has 0 N–H and O–H groups in total. The number of nitrogens with zero attached hydrogens (tertiary/aromatic N) is 1. The number of carbonyl (C=O) groups excluding carboxylic acids is 1. The fourth-order valence-corrected chi connectivity index (χ4v) is 2.47. The molecule has 0 aliphatic carbocycles. The van der Waals surface area contributed by atoms with Gasteiger partial charge in [-0.15, -0.1) is 0 Å². The van der Waals surface area contributed by atoms with Crippen LogP contribution in [0.25, 0.3) is 0 Å². The SMILES string of the molecule is O=C(Oc1ccc([N+](=O)[O-])cc1)O[C@H]1CO[C@H]2OCC(F)(F)[C@H]21. The first-order valence-corrected chi connectivity index (χ1v) is 6.61. The van der Waals surface area contributed by atoms with E-state index in [0.717, 1.165) is 12.1 Å². The van der Waals surface area contributed by atoms with Crippen molar-refractivity contribution in [2.75, 3.05) is 13.2 Å². The highest BCUT2D eigenvalue weighted by atomic mass is 19.3. The van der Waals surface area contributed by atoms with Gasteiger partial charge in [0.15, 0.2) is 6.29 Å². The number of alkyl halides is 2. The lowest BCUT2D eigenvalue weighted by atomic mass is 9.99. The molecule has 0 aromatic heterocycles. The summed E-state index contributed by atoms with van der Waals surface area (Å²) in [7, 11) is 0. The van der Waals surface area contributed by atoms with E-state index in [9.17, 15) is 23.7 Å². The molecule has 0 saturated carbocycles. The van der Waals surface area contributed by atoms with E-state index in [-0.39, 0.29) is 18.0 Å². The summed E-state index contributed by atoms with van der Waals surface area (Å²) in [6.07, 6.45) is -3.50. The van der Waals surface area contributed by atoms with Crippen LogP contribution in [-0.2, 0) is 14.2 Å². The van der Waals surface area contributed by atoms with Gasteiger partial charge in [-0.05, 0) is 12.1 Å². The number of non-ortho nitro benzene ring substituents is 1. The van der Waals surface area contributed by atoms with Crippen LogP contribution >= 0.6 is 0 Å². The van der Waals surface area contributed by atoms with Gasteiger partial charge < -0.3 is 18.9 Å². The van der Waals surface area contributed by atoms with Gasteiger partial charge in [0, 0.05) is 12.1 Å². The Morgan fingerprint density at radius 2 is 2.00 bits per heavy atom. The maximum atomic E-state index is 13.6. The molecule has 2 heterocycles. The lowest BCUT2D eigenvalue weighted by Crippen LogP contribution is -2.38. The van der Waals surface area contributed by atoms with Gasteiger partial charge in [-0.2, -0.15) is 0 Å². The van der Waals surface area contributed by atoms with E-state index < -0.39 is 41.9 Å². The maximum absolute atomic E-state index is 13.6. The molecule has 0 bridgehead atoms. The molecule has 1 aromatic rings. The molecule has 10 heteroatoms. The van der Waals surface area contributed by atoms with E-state index in [1.54, 1.807) is 0 Å². The molecular weight excluding hydrogens is 320 g/mol. The first kappa shape index (κ1) is 15.6. The summed E-state index contributed by atoms with van der Waals surface area (Å²) in [4.78, 5) is 21.6. The highest BCUT2D eigenvalue weighted by molar-refractivity contribution is 5.64. The van der Waals surface area contributed by atoms with Crippen molar-refractivity contribution in [3.63, 3.8) is 0 Å². The number of nitro groups is 1. The van der Waals surface area contributed by atoms with Crippen LogP contribution in [0.4, 0.5) is 19.3 Å². The van der Waals surface area contributed by atoms with E-state index in [4.69, 9.17) is 18.9 Å². The molecule has 2 saturated heterocycles. The zero-order valence-electron chi connectivity index (χ0n) is 11.5. The third kappa shape index (κ3) is 3.08. The summed E-state index contributed by atoms with van der Waals surface area (Å²) in [6.45, 7) is -1.01. The Balaban J connectivity index is 1.60. The largest absolute Gasteiger partial charge is 0.514 e. The number of halogens is 2. The molecule has 8 nitrogen and oxygen atoms in total. The normalized spacial score (nSPS) is 28.2. The van der Waals surface area contributed by atoms with Crippen LogP contribution in [0.2, 0.25) is 0 Å². The molecule has 2 aliphatic heterocycles. The van der Waals surface area contributed by atoms with Crippen LogP contribution in [0.5, 0.6) is 5.75 Å². The first-order valence-electron chi connectivity index (χ1n) is 6.61. The van der Waals surface area contributed by atoms with Gasteiger partial charge in [0.05, 0.1) is 11.5 Å². The molecule has 0 amide bonds. The molecule has 0 radical (unpaired) electrons. The van der Waals surface area contributed by atoms with E-state index in [1.165, 1.54) is 12.1 Å². The molecular formula is C13H11F2NO7. The number of hydrogen-bond acceptors (Lipinski definition) is 7. The standard InChI is InChI=1S/C13H11F2NO7/c14-13(15)6-21-11-10(13)9(5-20-11)23-12(17)22-8-3-1-7(2-4-8)16(18)19/h1-4,9-11H,5-6H2/t9-,10-,11-/m0/s1. The van der Waals surface area contributed by atoms with Gasteiger partial charge >= 0.3 is 6.16 Å². The quantitative estimate of drug-likeness (QED) is 0.362. The van der Waals surface area contributed by atoms with Crippen molar-refractivity contribution < 1.29 is 37.4 Å². The number of benzene rings is 1. The third-order valence-electron chi connectivity index (χ3n) is 3.54. The fourth-order valence-electron chi connectivity index (χ4n) is 2.47. The smallest absolute Gasteiger partial charge is 0.427 e. The number of carbonyl (C=O) groups is 1. The second kappa shape index (κ2) is 5.70. The Morgan fingerprint density at radius 3 is 2.65 bits per heavy atom. The molecule has 2 aliphatic rings. The summed E-state index contributed by atoms with van der Waals surface area (Å²) in [5, 5.41) is 10.5. The average Bonchev–Trinajstić information content (AvgIpc) is 3.02. The van der Waals surface area contributed by atoms with Crippen molar-refractivity contribution in [2.24, 2.45) is 5.92 Å². The zero-order valence-corrected chi connectivity index (χ0v) is 11.5. The van der Waals surface area contributed by atoms with Gasteiger partial charge in [-0.3, -0.25) is 10.1 Å². The molecule has 1 aromatic carbocycles. The predicted octanol–water partition coefficient (Wildman–Crippen LogP) is 2.12. The monoisotopic (exact) mass is 331 g/mol. The highest BCUT2D eigenvalue weighted by Crippen LogP contribution is 2.43. The Kier molecular flexibility index (Phi) is 3.86. The Hall–Kier alpha value is -2.33. The zero-order chi connectivity index (χ0) is 16.6. The van der Waals surface area contributed by atoms with Gasteiger partial charge in [0.25, 0.3) is 11.6 Å². The lowest BCUT2D eigenvalue weighted by molar-refractivity contribution is -0.384. The summed E-state index contributed by atoms with van der Waals surface area (Å²) >= 11 is 0. The molecule has 0 unspecified atom stereocenters. The number of nitro benzene ring substituents is 1. The number of ether oxygens (including phenoxy) is 4. The summed E-state index contributed by atoms with van der Waals surface area (Å²) in [5.41, 5.74) is -0.180. The van der Waals surface area contributed by atoms with Crippen molar-refractivity contribution in [3.05, 3.63) is 34.4 Å². The van der Waals surface area contributed by atoms with Crippen LogP contribution in [0.3, 0.4) is 0 Å². The summed E-state index contributed by atoms with van der Waals surface area (Å²) < 4.78 is 46.8. The highest BCUT2D eigenvalue weighted by Gasteiger charge is 2.60. The second-order valence-corrected chi connectivity index (χ2v) is 5.06. The van der Waals surface area contributed by atoms with E-state index in [2.05, 4.69) is 0 Å². The van der Waals surface area contributed by atoms with Crippen LogP contribution in [-0.4, -0.2) is 42.6 Å². The summed E-state index contributed by atoms with van der Waals surface area (Å²) in [5.74, 6) is -4.54. The minimum Gasteiger partial charge on any atom is -0.427 e. The average molecular weight is 331 g/mol. The van der Waals surface area contributed by atoms with Crippen LogP contribution in [0.1, 0.15) is 0 Å². The number of fused-ring (bicyclic) bond motifs is 1. The topological polar surface area (TPSA) is 97.1 Å². The van der Waals surface area contributed by atoms with Crippen molar-refractivity contribution in [1.29, 1.82) is 0 Å². The van der Waals surface area contributed by atoms with E-state index in [1.807, 2.05) is 0 Å². The molecule has 3 atom stereocenters. The lowest BCUT2D eigenvalue weighted by Gasteiger charge is -2.20. The second-order valence-electron chi connectivity index (χ2n) is 5.06. The Morgan fingerprint density at radius 1 is 1.30 bits per heavy atom. The van der Waals surface area contributed by atoms with Crippen LogP contribution in [0.15, 0.2) is 24.3 Å². The van der Waals surface area contributed by atoms with E-state index >= 15 is 0 Å². The Bertz CT molecular complexity index is 621. The van der Waals surface area contributed by atoms with Crippen LogP contribution < -0.4 is 4.74 Å². The molecule has 23 heavy (non-hydrogen) atoms. The summed E-state index contributed by atoms with van der Waals surface area (Å²) in [6, 6.07) is 4.66. The van der Waals surface area contributed by atoms with Gasteiger partial charge in [0.2, 0.25) is 0 Å². The number of rotatable bonds is 3. The molecule has 2 fully saturated rings. The number of hydrogen-bond donors (Lipinski definition) is 0. The fraction of sp³-hybridized carbons (Fsp3) is 0.462. The molecule has 0 spiro atoms. The van der Waals surface area contributed by atoms with Crippen molar-refractivity contribution >= 4 is 11.8 Å². The van der Waals surface area contributed by atoms with Crippen molar-refractivity contribution in [1.82, 2.24) is 0 Å². The first-order chi connectivity index (χ1) is 10.9. The van der Waals surface area contributed by atoms with E-state index in [0.29, 0.717) is 0 Å². The minimum atomic E-state index is -3.15.